The maximum atomic E-state index is 12.6. The first-order valence-electron chi connectivity index (χ1n) is 13.2. The van der Waals surface area contributed by atoms with Gasteiger partial charge in [-0.2, -0.15) is 5.10 Å². The average molecular weight is 560 g/mol. The third-order valence-electron chi connectivity index (χ3n) is 6.45. The van der Waals surface area contributed by atoms with E-state index in [9.17, 15) is 9.59 Å². The van der Waals surface area contributed by atoms with Crippen LogP contribution in [-0.4, -0.2) is 42.5 Å². The van der Waals surface area contributed by atoms with Crippen molar-refractivity contribution in [3.63, 3.8) is 0 Å². The van der Waals surface area contributed by atoms with Crippen molar-refractivity contribution in [2.75, 3.05) is 26.1 Å². The molecule has 0 saturated carbocycles. The highest BCUT2D eigenvalue weighted by Gasteiger charge is 2.13. The molecule has 1 amide bonds. The molecule has 5 rings (SSSR count). The number of methoxy groups -OCH3 is 2. The molecule has 0 unspecified atom stereocenters. The molecule has 0 spiro atoms. The summed E-state index contributed by atoms with van der Waals surface area (Å²) >= 11 is 0. The van der Waals surface area contributed by atoms with Gasteiger partial charge in [-0.15, -0.1) is 0 Å². The summed E-state index contributed by atoms with van der Waals surface area (Å²) in [5.74, 6) is -0.178. The Morgan fingerprint density at radius 1 is 0.810 bits per heavy atom. The first-order chi connectivity index (χ1) is 20.5. The molecular weight excluding hydrogens is 530 g/mol. The Hall–Kier alpha value is -5.63. The third-order valence-corrected chi connectivity index (χ3v) is 6.45. The molecule has 1 N–H and O–H groups in total. The van der Waals surface area contributed by atoms with Gasteiger partial charge in [0.1, 0.15) is 11.5 Å². The number of nitrogens with zero attached hydrogens (tertiary/aromatic N) is 2. The monoisotopic (exact) mass is 559 g/mol. The second-order valence-electron chi connectivity index (χ2n) is 9.21. The summed E-state index contributed by atoms with van der Waals surface area (Å²) in [5.41, 5.74) is 5.81. The zero-order chi connectivity index (χ0) is 29.3. The molecule has 1 aromatic heterocycles. The number of carbonyl (C=O) groups is 2. The highest BCUT2D eigenvalue weighted by atomic mass is 16.5. The number of carbonyl (C=O) groups excluding carboxylic acids is 2. The number of aromatic nitrogens is 2. The zero-order valence-corrected chi connectivity index (χ0v) is 23.2. The van der Waals surface area contributed by atoms with E-state index in [0.717, 1.165) is 22.4 Å². The summed E-state index contributed by atoms with van der Waals surface area (Å²) in [6, 6.07) is 32.9. The standard InChI is InChI=1S/C34H29N3O5/c1-40-29-18-19-31(41-2)30(21-29)35-32(38)23-42-33(39)20-17-27-22-37(28-11-7-4-8-12-28)36-34(27)26-15-13-25(14-16-26)24-9-5-3-6-10-24/h3-22H,23H2,1-2H3,(H,35,38). The summed E-state index contributed by atoms with van der Waals surface area (Å²) in [6.45, 7) is -0.472. The van der Waals surface area contributed by atoms with Crippen LogP contribution in [0, 0.1) is 0 Å². The number of nitrogens with one attached hydrogen (secondary N) is 1. The van der Waals surface area contributed by atoms with Gasteiger partial charge in [0.2, 0.25) is 0 Å². The fourth-order valence-electron chi connectivity index (χ4n) is 4.34. The Labute approximate surface area is 243 Å². The molecule has 8 heteroatoms. The van der Waals surface area contributed by atoms with Crippen LogP contribution < -0.4 is 14.8 Å². The second kappa shape index (κ2) is 13.1. The Morgan fingerprint density at radius 2 is 1.48 bits per heavy atom. The van der Waals surface area contributed by atoms with Gasteiger partial charge in [0.25, 0.3) is 5.91 Å². The summed E-state index contributed by atoms with van der Waals surface area (Å²) in [7, 11) is 3.02. The maximum absolute atomic E-state index is 12.6. The number of rotatable bonds is 10. The first kappa shape index (κ1) is 27.9. The van der Waals surface area contributed by atoms with Crippen molar-refractivity contribution in [2.45, 2.75) is 0 Å². The van der Waals surface area contributed by atoms with Crippen molar-refractivity contribution in [2.24, 2.45) is 0 Å². The van der Waals surface area contributed by atoms with Crippen LogP contribution >= 0.6 is 0 Å². The lowest BCUT2D eigenvalue weighted by Gasteiger charge is -2.11. The van der Waals surface area contributed by atoms with E-state index in [1.807, 2.05) is 79.0 Å². The number of para-hydroxylation sites is 1. The van der Waals surface area contributed by atoms with Crippen molar-refractivity contribution in [3.8, 4) is 39.6 Å². The highest BCUT2D eigenvalue weighted by Crippen LogP contribution is 2.29. The van der Waals surface area contributed by atoms with Gasteiger partial charge in [0, 0.05) is 29.5 Å². The minimum absolute atomic E-state index is 0.407. The number of hydrogen-bond acceptors (Lipinski definition) is 6. The van der Waals surface area contributed by atoms with Crippen molar-refractivity contribution < 1.29 is 23.8 Å². The van der Waals surface area contributed by atoms with Crippen LogP contribution in [0.5, 0.6) is 11.5 Å². The van der Waals surface area contributed by atoms with Crippen LogP contribution in [0.4, 0.5) is 5.69 Å². The molecule has 0 aliphatic carbocycles. The number of ether oxygens (including phenoxy) is 3. The number of amides is 1. The molecule has 1 heterocycles. The van der Waals surface area contributed by atoms with Crippen LogP contribution in [0.2, 0.25) is 0 Å². The normalized spacial score (nSPS) is 10.8. The minimum atomic E-state index is -0.666. The van der Waals surface area contributed by atoms with Gasteiger partial charge in [-0.25, -0.2) is 9.48 Å². The van der Waals surface area contributed by atoms with Gasteiger partial charge in [0.15, 0.2) is 6.61 Å². The summed E-state index contributed by atoms with van der Waals surface area (Å²) in [5, 5.41) is 7.48. The van der Waals surface area contributed by atoms with E-state index in [-0.39, 0.29) is 0 Å². The molecule has 0 aliphatic rings. The van der Waals surface area contributed by atoms with Gasteiger partial charge in [0.05, 0.1) is 31.3 Å². The van der Waals surface area contributed by atoms with E-state index in [1.54, 1.807) is 29.0 Å². The van der Waals surface area contributed by atoms with Gasteiger partial charge in [-0.05, 0) is 41.5 Å². The van der Waals surface area contributed by atoms with Gasteiger partial charge in [-0.1, -0.05) is 72.8 Å². The lowest BCUT2D eigenvalue weighted by Crippen LogP contribution is -2.20. The van der Waals surface area contributed by atoms with E-state index >= 15 is 0 Å². The SMILES string of the molecule is COc1ccc(OC)c(NC(=O)COC(=O)C=Cc2cn(-c3ccccc3)nc2-c2ccc(-c3ccccc3)cc2)c1. The molecule has 42 heavy (non-hydrogen) atoms. The van der Waals surface area contributed by atoms with E-state index in [4.69, 9.17) is 19.3 Å². The zero-order valence-electron chi connectivity index (χ0n) is 23.2. The van der Waals surface area contributed by atoms with Crippen LogP contribution in [-0.2, 0) is 14.3 Å². The molecule has 8 nitrogen and oxygen atoms in total. The molecule has 0 fully saturated rings. The molecule has 5 aromatic rings. The topological polar surface area (TPSA) is 91.7 Å². The molecular formula is C34H29N3O5. The van der Waals surface area contributed by atoms with Crippen LogP contribution in [0.1, 0.15) is 5.56 Å². The van der Waals surface area contributed by atoms with Gasteiger partial charge >= 0.3 is 5.97 Å². The Balaban J connectivity index is 1.31. The van der Waals surface area contributed by atoms with E-state index in [1.165, 1.54) is 20.3 Å². The summed E-state index contributed by atoms with van der Waals surface area (Å²) in [6.07, 6.45) is 4.77. The van der Waals surface area contributed by atoms with Gasteiger partial charge in [-0.3, -0.25) is 4.79 Å². The number of hydrogen-bond donors (Lipinski definition) is 1. The molecule has 0 saturated heterocycles. The first-order valence-corrected chi connectivity index (χ1v) is 13.2. The summed E-state index contributed by atoms with van der Waals surface area (Å²) in [4.78, 5) is 25.0. The molecule has 0 atom stereocenters. The van der Waals surface area contributed by atoms with Crippen LogP contribution in [0.15, 0.2) is 115 Å². The lowest BCUT2D eigenvalue weighted by atomic mass is 10.0. The summed E-state index contributed by atoms with van der Waals surface area (Å²) < 4.78 is 17.4. The van der Waals surface area contributed by atoms with Crippen LogP contribution in [0.25, 0.3) is 34.1 Å². The maximum Gasteiger partial charge on any atom is 0.331 e. The molecule has 4 aromatic carbocycles. The fraction of sp³-hybridized carbons (Fsp3) is 0.0882. The smallest absolute Gasteiger partial charge is 0.331 e. The predicted octanol–water partition coefficient (Wildman–Crippen LogP) is 6.42. The molecule has 0 radical (unpaired) electrons. The van der Waals surface area contributed by atoms with E-state index in [2.05, 4.69) is 17.4 Å². The van der Waals surface area contributed by atoms with E-state index in [0.29, 0.717) is 28.4 Å². The molecule has 0 bridgehead atoms. The van der Waals surface area contributed by atoms with Gasteiger partial charge < -0.3 is 19.5 Å². The third kappa shape index (κ3) is 6.74. The number of anilines is 1. The van der Waals surface area contributed by atoms with Crippen molar-refractivity contribution in [1.29, 1.82) is 0 Å². The van der Waals surface area contributed by atoms with Crippen LogP contribution in [0.3, 0.4) is 0 Å². The average Bonchev–Trinajstić information content (AvgIpc) is 3.48. The Kier molecular flexibility index (Phi) is 8.74. The van der Waals surface area contributed by atoms with Crippen molar-refractivity contribution >= 4 is 23.6 Å². The largest absolute Gasteiger partial charge is 0.497 e. The molecule has 0 aliphatic heterocycles. The van der Waals surface area contributed by atoms with E-state index < -0.39 is 18.5 Å². The Bertz CT molecular complexity index is 1700. The Morgan fingerprint density at radius 3 is 2.17 bits per heavy atom. The number of benzene rings is 4. The second-order valence-corrected chi connectivity index (χ2v) is 9.21. The number of esters is 1. The van der Waals surface area contributed by atoms with Crippen molar-refractivity contribution in [3.05, 3.63) is 121 Å². The highest BCUT2D eigenvalue weighted by molar-refractivity contribution is 5.96. The molecule has 210 valence electrons. The predicted molar refractivity (Wildman–Crippen MR) is 163 cm³/mol. The quantitative estimate of drug-likeness (QED) is 0.157. The lowest BCUT2D eigenvalue weighted by molar-refractivity contribution is -0.142. The fourth-order valence-corrected chi connectivity index (χ4v) is 4.34. The minimum Gasteiger partial charge on any atom is -0.497 e. The van der Waals surface area contributed by atoms with Crippen molar-refractivity contribution in [1.82, 2.24) is 9.78 Å².